The molecule has 15 heavy (non-hydrogen) atoms. The van der Waals surface area contributed by atoms with Gasteiger partial charge in [0.25, 0.3) is 0 Å². The summed E-state index contributed by atoms with van der Waals surface area (Å²) in [7, 11) is 0. The van der Waals surface area contributed by atoms with Gasteiger partial charge in [0.2, 0.25) is 0 Å². The Labute approximate surface area is 85.7 Å². The molecule has 0 unspecified atom stereocenters. The predicted octanol–water partition coefficient (Wildman–Crippen LogP) is 1.12. The standard InChI is InChI=1S/C10H9NO4/c12-9-8-2-1-6(4-11-10(13)14)3-7(8)5-15-9/h1-3,11H,4-5H2,(H,13,14). The fourth-order valence-electron chi connectivity index (χ4n) is 1.47. The molecule has 0 radical (unpaired) electrons. The van der Waals surface area contributed by atoms with Crippen molar-refractivity contribution in [1.82, 2.24) is 5.32 Å². The molecule has 1 aliphatic heterocycles. The highest BCUT2D eigenvalue weighted by Crippen LogP contribution is 2.20. The highest BCUT2D eigenvalue weighted by molar-refractivity contribution is 5.93. The summed E-state index contributed by atoms with van der Waals surface area (Å²) < 4.78 is 4.83. The third-order valence-corrected chi connectivity index (χ3v) is 2.19. The van der Waals surface area contributed by atoms with Crippen LogP contribution in [0.4, 0.5) is 4.79 Å². The van der Waals surface area contributed by atoms with E-state index in [1.54, 1.807) is 18.2 Å². The monoisotopic (exact) mass is 207 g/mol. The van der Waals surface area contributed by atoms with E-state index in [1.807, 2.05) is 0 Å². The zero-order chi connectivity index (χ0) is 10.8. The molecule has 0 saturated heterocycles. The van der Waals surface area contributed by atoms with Crippen molar-refractivity contribution in [2.45, 2.75) is 13.2 Å². The second-order valence-electron chi connectivity index (χ2n) is 3.23. The third kappa shape index (κ3) is 1.90. The van der Waals surface area contributed by atoms with Crippen LogP contribution < -0.4 is 5.32 Å². The summed E-state index contributed by atoms with van der Waals surface area (Å²) in [5.41, 5.74) is 2.19. The number of ether oxygens (including phenoxy) is 1. The number of amides is 1. The summed E-state index contributed by atoms with van der Waals surface area (Å²) in [4.78, 5) is 21.4. The number of nitrogens with one attached hydrogen (secondary N) is 1. The Morgan fingerprint density at radius 3 is 3.07 bits per heavy atom. The van der Waals surface area contributed by atoms with Gasteiger partial charge in [-0.3, -0.25) is 0 Å². The molecule has 0 aliphatic carbocycles. The predicted molar refractivity (Wildman–Crippen MR) is 50.4 cm³/mol. The van der Waals surface area contributed by atoms with Gasteiger partial charge in [-0.05, 0) is 17.7 Å². The first kappa shape index (κ1) is 9.51. The molecule has 0 bridgehead atoms. The van der Waals surface area contributed by atoms with Crippen LogP contribution in [0.3, 0.4) is 0 Å². The van der Waals surface area contributed by atoms with Crippen molar-refractivity contribution >= 4 is 12.1 Å². The molecule has 0 spiro atoms. The topological polar surface area (TPSA) is 75.6 Å². The van der Waals surface area contributed by atoms with Gasteiger partial charge in [0.15, 0.2) is 0 Å². The Balaban J connectivity index is 2.16. The Hall–Kier alpha value is -2.04. The average molecular weight is 207 g/mol. The zero-order valence-electron chi connectivity index (χ0n) is 7.82. The SMILES string of the molecule is O=C(O)NCc1ccc2c(c1)COC2=O. The summed E-state index contributed by atoms with van der Waals surface area (Å²) >= 11 is 0. The number of benzene rings is 1. The van der Waals surface area contributed by atoms with Gasteiger partial charge in [-0.25, -0.2) is 9.59 Å². The number of carbonyl (C=O) groups is 2. The zero-order valence-corrected chi connectivity index (χ0v) is 7.82. The van der Waals surface area contributed by atoms with Crippen molar-refractivity contribution in [2.75, 3.05) is 0 Å². The van der Waals surface area contributed by atoms with Crippen LogP contribution in [-0.2, 0) is 17.9 Å². The van der Waals surface area contributed by atoms with E-state index in [9.17, 15) is 9.59 Å². The molecule has 5 heteroatoms. The van der Waals surface area contributed by atoms with E-state index in [-0.39, 0.29) is 19.1 Å². The first-order chi connectivity index (χ1) is 7.16. The third-order valence-electron chi connectivity index (χ3n) is 2.19. The number of hydrogen-bond acceptors (Lipinski definition) is 3. The molecule has 1 aromatic carbocycles. The van der Waals surface area contributed by atoms with Crippen molar-refractivity contribution in [3.8, 4) is 0 Å². The molecule has 1 aromatic rings. The van der Waals surface area contributed by atoms with E-state index >= 15 is 0 Å². The molecular formula is C10H9NO4. The average Bonchev–Trinajstić information content (AvgIpc) is 2.57. The maximum atomic E-state index is 11.1. The van der Waals surface area contributed by atoms with Gasteiger partial charge in [0.1, 0.15) is 6.61 Å². The summed E-state index contributed by atoms with van der Waals surface area (Å²) in [6.07, 6.45) is -1.07. The van der Waals surface area contributed by atoms with Crippen molar-refractivity contribution in [2.24, 2.45) is 0 Å². The molecule has 1 amide bonds. The van der Waals surface area contributed by atoms with Crippen LogP contribution in [0.15, 0.2) is 18.2 Å². The van der Waals surface area contributed by atoms with Crippen LogP contribution in [0.1, 0.15) is 21.5 Å². The largest absolute Gasteiger partial charge is 0.465 e. The van der Waals surface area contributed by atoms with E-state index in [0.717, 1.165) is 11.1 Å². The van der Waals surface area contributed by atoms with Crippen molar-refractivity contribution in [3.63, 3.8) is 0 Å². The molecule has 0 saturated carbocycles. The van der Waals surface area contributed by atoms with Crippen molar-refractivity contribution < 1.29 is 19.4 Å². The highest BCUT2D eigenvalue weighted by atomic mass is 16.5. The molecule has 1 heterocycles. The molecule has 1 aliphatic rings. The lowest BCUT2D eigenvalue weighted by atomic mass is 10.1. The van der Waals surface area contributed by atoms with E-state index < -0.39 is 6.09 Å². The van der Waals surface area contributed by atoms with Crippen LogP contribution >= 0.6 is 0 Å². The summed E-state index contributed by atoms with van der Waals surface area (Å²) in [5.74, 6) is -0.317. The number of hydrogen-bond donors (Lipinski definition) is 2. The number of rotatable bonds is 2. The number of carbonyl (C=O) groups excluding carboxylic acids is 1. The smallest absolute Gasteiger partial charge is 0.404 e. The molecular weight excluding hydrogens is 198 g/mol. The lowest BCUT2D eigenvalue weighted by molar-refractivity contribution is 0.0535. The minimum atomic E-state index is -1.07. The second kappa shape index (κ2) is 3.61. The summed E-state index contributed by atoms with van der Waals surface area (Å²) in [5, 5.41) is 10.7. The van der Waals surface area contributed by atoms with E-state index in [0.29, 0.717) is 5.56 Å². The fourth-order valence-corrected chi connectivity index (χ4v) is 1.47. The van der Waals surface area contributed by atoms with Gasteiger partial charge < -0.3 is 15.2 Å². The molecule has 0 fully saturated rings. The number of carboxylic acid groups (broad SMARTS) is 1. The minimum absolute atomic E-state index is 0.233. The van der Waals surface area contributed by atoms with Crippen molar-refractivity contribution in [3.05, 3.63) is 34.9 Å². The lowest BCUT2D eigenvalue weighted by Gasteiger charge is -2.02. The van der Waals surface area contributed by atoms with Gasteiger partial charge in [0, 0.05) is 12.1 Å². The maximum absolute atomic E-state index is 11.1. The van der Waals surface area contributed by atoms with Gasteiger partial charge in [-0.2, -0.15) is 0 Å². The van der Waals surface area contributed by atoms with Crippen LogP contribution in [0.5, 0.6) is 0 Å². The lowest BCUT2D eigenvalue weighted by Crippen LogP contribution is -2.19. The first-order valence-electron chi connectivity index (χ1n) is 4.42. The Morgan fingerprint density at radius 2 is 2.33 bits per heavy atom. The first-order valence-corrected chi connectivity index (χ1v) is 4.42. The van der Waals surface area contributed by atoms with Crippen LogP contribution in [0.25, 0.3) is 0 Å². The van der Waals surface area contributed by atoms with Crippen LogP contribution in [-0.4, -0.2) is 17.2 Å². The van der Waals surface area contributed by atoms with Crippen LogP contribution in [0, 0.1) is 0 Å². The fraction of sp³-hybridized carbons (Fsp3) is 0.200. The maximum Gasteiger partial charge on any atom is 0.404 e. The normalized spacial score (nSPS) is 13.2. The highest BCUT2D eigenvalue weighted by Gasteiger charge is 2.20. The second-order valence-corrected chi connectivity index (χ2v) is 3.23. The number of fused-ring (bicyclic) bond motifs is 1. The van der Waals surface area contributed by atoms with E-state index in [1.165, 1.54) is 0 Å². The Kier molecular flexibility index (Phi) is 2.29. The molecule has 0 aromatic heterocycles. The quantitative estimate of drug-likeness (QED) is 0.712. The summed E-state index contributed by atoms with van der Waals surface area (Å²) in [6, 6.07) is 5.14. The van der Waals surface area contributed by atoms with Gasteiger partial charge in [-0.1, -0.05) is 6.07 Å². The summed E-state index contributed by atoms with van der Waals surface area (Å²) in [6.45, 7) is 0.506. The molecule has 5 nitrogen and oxygen atoms in total. The Bertz CT molecular complexity index is 427. The molecule has 2 rings (SSSR count). The number of esters is 1. The van der Waals surface area contributed by atoms with Gasteiger partial charge in [-0.15, -0.1) is 0 Å². The Morgan fingerprint density at radius 1 is 1.53 bits per heavy atom. The van der Waals surface area contributed by atoms with Gasteiger partial charge >= 0.3 is 12.1 Å². The van der Waals surface area contributed by atoms with Gasteiger partial charge in [0.05, 0.1) is 5.56 Å². The minimum Gasteiger partial charge on any atom is -0.465 e. The van der Waals surface area contributed by atoms with Crippen molar-refractivity contribution in [1.29, 1.82) is 0 Å². The van der Waals surface area contributed by atoms with E-state index in [4.69, 9.17) is 9.84 Å². The van der Waals surface area contributed by atoms with E-state index in [2.05, 4.69) is 5.32 Å². The van der Waals surface area contributed by atoms with Crippen LogP contribution in [0.2, 0.25) is 0 Å². The molecule has 2 N–H and O–H groups in total. The molecule has 78 valence electrons. The number of cyclic esters (lactones) is 1. The molecule has 0 atom stereocenters.